The third kappa shape index (κ3) is 6.48. The van der Waals surface area contributed by atoms with Crippen molar-refractivity contribution in [3.05, 3.63) is 113 Å². The van der Waals surface area contributed by atoms with Gasteiger partial charge in [0.05, 0.1) is 15.5 Å². The fraction of sp³-hybridized carbons (Fsp3) is 0.0385. The number of amides is 1. The standard InChI is InChI=1S/C26H22ClN3O5S2/c1-18-17-19(7-16-25(18)30-37(34,35)23-5-3-2-4-6-23)26(31)28-21-12-14-24(15-13-21)36(32,33)29-22-10-8-20(27)9-11-22/h2-17,29-30H,1H3,(H,28,31). The lowest BCUT2D eigenvalue weighted by Crippen LogP contribution is -2.15. The molecule has 0 saturated heterocycles. The third-order valence-electron chi connectivity index (χ3n) is 5.31. The summed E-state index contributed by atoms with van der Waals surface area (Å²) in [5, 5.41) is 3.19. The van der Waals surface area contributed by atoms with Gasteiger partial charge in [0.1, 0.15) is 0 Å². The van der Waals surface area contributed by atoms with E-state index < -0.39 is 26.0 Å². The van der Waals surface area contributed by atoms with Gasteiger partial charge < -0.3 is 5.32 Å². The lowest BCUT2D eigenvalue weighted by Gasteiger charge is -2.12. The van der Waals surface area contributed by atoms with E-state index in [0.29, 0.717) is 33.2 Å². The molecule has 0 aliphatic heterocycles. The average Bonchev–Trinajstić information content (AvgIpc) is 2.87. The molecule has 3 N–H and O–H groups in total. The summed E-state index contributed by atoms with van der Waals surface area (Å²) >= 11 is 5.83. The Hall–Kier alpha value is -3.86. The molecule has 0 saturated carbocycles. The van der Waals surface area contributed by atoms with Gasteiger partial charge in [-0.05, 0) is 91.3 Å². The van der Waals surface area contributed by atoms with Crippen molar-refractivity contribution in [3.63, 3.8) is 0 Å². The lowest BCUT2D eigenvalue weighted by atomic mass is 10.1. The zero-order chi connectivity index (χ0) is 26.6. The maximum Gasteiger partial charge on any atom is 0.261 e. The molecule has 0 bridgehead atoms. The molecule has 4 rings (SSSR count). The second kappa shape index (κ2) is 10.6. The highest BCUT2D eigenvalue weighted by Crippen LogP contribution is 2.23. The Morgan fingerprint density at radius 3 is 1.86 bits per heavy atom. The molecule has 0 aliphatic carbocycles. The zero-order valence-electron chi connectivity index (χ0n) is 19.5. The molecular weight excluding hydrogens is 534 g/mol. The second-order valence-corrected chi connectivity index (χ2v) is 11.8. The van der Waals surface area contributed by atoms with Crippen molar-refractivity contribution < 1.29 is 21.6 Å². The number of carbonyl (C=O) groups is 1. The number of halogens is 1. The van der Waals surface area contributed by atoms with E-state index in [4.69, 9.17) is 11.6 Å². The van der Waals surface area contributed by atoms with Crippen molar-refractivity contribution >= 4 is 54.6 Å². The normalized spacial score (nSPS) is 11.5. The van der Waals surface area contributed by atoms with Crippen molar-refractivity contribution in [2.24, 2.45) is 0 Å². The minimum absolute atomic E-state index is 0.0198. The van der Waals surface area contributed by atoms with E-state index in [1.165, 1.54) is 48.5 Å². The van der Waals surface area contributed by atoms with Gasteiger partial charge in [-0.2, -0.15) is 0 Å². The number of anilines is 3. The maximum atomic E-state index is 12.7. The fourth-order valence-electron chi connectivity index (χ4n) is 3.38. The van der Waals surface area contributed by atoms with Crippen LogP contribution < -0.4 is 14.8 Å². The van der Waals surface area contributed by atoms with E-state index in [0.717, 1.165) is 0 Å². The van der Waals surface area contributed by atoms with Gasteiger partial charge in [-0.3, -0.25) is 14.2 Å². The Kier molecular flexibility index (Phi) is 7.53. The predicted molar refractivity (Wildman–Crippen MR) is 145 cm³/mol. The highest BCUT2D eigenvalue weighted by molar-refractivity contribution is 7.93. The quantitative estimate of drug-likeness (QED) is 0.265. The van der Waals surface area contributed by atoms with Crippen molar-refractivity contribution in [2.75, 3.05) is 14.8 Å². The first-order valence-corrected chi connectivity index (χ1v) is 14.3. The number of sulfonamides is 2. The van der Waals surface area contributed by atoms with Crippen molar-refractivity contribution in [2.45, 2.75) is 16.7 Å². The summed E-state index contributed by atoms with van der Waals surface area (Å²) in [6, 6.07) is 24.5. The van der Waals surface area contributed by atoms with E-state index in [2.05, 4.69) is 14.8 Å². The van der Waals surface area contributed by atoms with Crippen LogP contribution in [0.15, 0.2) is 107 Å². The smallest absolute Gasteiger partial charge is 0.261 e. The maximum absolute atomic E-state index is 12.7. The Morgan fingerprint density at radius 2 is 1.24 bits per heavy atom. The largest absolute Gasteiger partial charge is 0.322 e. The molecule has 0 unspecified atom stereocenters. The number of aryl methyl sites for hydroxylation is 1. The molecule has 4 aromatic carbocycles. The molecule has 1 amide bonds. The molecule has 0 heterocycles. The summed E-state index contributed by atoms with van der Waals surface area (Å²) in [6.07, 6.45) is 0. The average molecular weight is 556 g/mol. The summed E-state index contributed by atoms with van der Waals surface area (Å²) < 4.78 is 55.4. The van der Waals surface area contributed by atoms with Gasteiger partial charge in [-0.15, -0.1) is 0 Å². The molecule has 0 spiro atoms. The van der Waals surface area contributed by atoms with Gasteiger partial charge >= 0.3 is 0 Å². The number of carbonyl (C=O) groups excluding carboxylic acids is 1. The van der Waals surface area contributed by atoms with Crippen LogP contribution in [0.3, 0.4) is 0 Å². The minimum atomic E-state index is -3.83. The van der Waals surface area contributed by atoms with Crippen LogP contribution in [0, 0.1) is 6.92 Å². The van der Waals surface area contributed by atoms with Crippen LogP contribution in [-0.2, 0) is 20.0 Å². The molecule has 0 aromatic heterocycles. The Bertz CT molecular complexity index is 1640. The van der Waals surface area contributed by atoms with Crippen molar-refractivity contribution in [1.29, 1.82) is 0 Å². The number of nitrogens with one attached hydrogen (secondary N) is 3. The molecule has 0 radical (unpaired) electrons. The molecule has 4 aromatic rings. The second-order valence-electron chi connectivity index (χ2n) is 8.04. The van der Waals surface area contributed by atoms with E-state index in [1.54, 1.807) is 55.5 Å². The summed E-state index contributed by atoms with van der Waals surface area (Å²) in [4.78, 5) is 12.9. The van der Waals surface area contributed by atoms with Gasteiger partial charge in [-0.1, -0.05) is 29.8 Å². The van der Waals surface area contributed by atoms with Crippen molar-refractivity contribution in [3.8, 4) is 0 Å². The molecule has 0 atom stereocenters. The summed E-state index contributed by atoms with van der Waals surface area (Å²) in [6.45, 7) is 1.69. The third-order valence-corrected chi connectivity index (χ3v) is 8.34. The Balaban J connectivity index is 1.43. The first-order chi connectivity index (χ1) is 17.5. The van der Waals surface area contributed by atoms with Crippen LogP contribution in [-0.4, -0.2) is 22.7 Å². The Morgan fingerprint density at radius 1 is 0.676 bits per heavy atom. The number of hydrogen-bond acceptors (Lipinski definition) is 5. The monoisotopic (exact) mass is 555 g/mol. The molecule has 37 heavy (non-hydrogen) atoms. The summed E-state index contributed by atoms with van der Waals surface area (Å²) in [5.41, 5.74) is 1.97. The first kappa shape index (κ1) is 26.2. The van der Waals surface area contributed by atoms with Gasteiger partial charge in [0, 0.05) is 22.0 Å². The van der Waals surface area contributed by atoms with Crippen LogP contribution in [0.1, 0.15) is 15.9 Å². The van der Waals surface area contributed by atoms with Crippen LogP contribution in [0.2, 0.25) is 5.02 Å². The predicted octanol–water partition coefficient (Wildman–Crippen LogP) is 5.50. The van der Waals surface area contributed by atoms with Crippen LogP contribution in [0.4, 0.5) is 17.1 Å². The summed E-state index contributed by atoms with van der Waals surface area (Å²) in [7, 11) is -7.60. The topological polar surface area (TPSA) is 121 Å². The molecule has 190 valence electrons. The highest BCUT2D eigenvalue weighted by Gasteiger charge is 2.17. The highest BCUT2D eigenvalue weighted by atomic mass is 35.5. The first-order valence-electron chi connectivity index (χ1n) is 10.9. The van der Waals surface area contributed by atoms with Gasteiger partial charge in [0.25, 0.3) is 26.0 Å². The fourth-order valence-corrected chi connectivity index (χ4v) is 5.71. The lowest BCUT2D eigenvalue weighted by molar-refractivity contribution is 0.102. The van der Waals surface area contributed by atoms with Gasteiger partial charge in [-0.25, -0.2) is 16.8 Å². The molecular formula is C26H22ClN3O5S2. The van der Waals surface area contributed by atoms with Crippen LogP contribution >= 0.6 is 11.6 Å². The van der Waals surface area contributed by atoms with Crippen LogP contribution in [0.5, 0.6) is 0 Å². The molecule has 8 nitrogen and oxygen atoms in total. The SMILES string of the molecule is Cc1cc(C(=O)Nc2ccc(S(=O)(=O)Nc3ccc(Cl)cc3)cc2)ccc1NS(=O)(=O)c1ccccc1. The molecule has 0 aliphatic rings. The van der Waals surface area contributed by atoms with Crippen LogP contribution in [0.25, 0.3) is 0 Å². The van der Waals surface area contributed by atoms with Gasteiger partial charge in [0.2, 0.25) is 0 Å². The van der Waals surface area contributed by atoms with E-state index in [9.17, 15) is 21.6 Å². The van der Waals surface area contributed by atoms with Crippen molar-refractivity contribution in [1.82, 2.24) is 0 Å². The van der Waals surface area contributed by atoms with E-state index in [1.807, 2.05) is 0 Å². The molecule has 11 heteroatoms. The minimum Gasteiger partial charge on any atom is -0.322 e. The number of rotatable bonds is 8. The van der Waals surface area contributed by atoms with E-state index in [-0.39, 0.29) is 9.79 Å². The summed E-state index contributed by atoms with van der Waals surface area (Å²) in [5.74, 6) is -0.435. The molecule has 0 fully saturated rings. The van der Waals surface area contributed by atoms with Gasteiger partial charge in [0.15, 0.2) is 0 Å². The Labute approximate surface area is 220 Å². The zero-order valence-corrected chi connectivity index (χ0v) is 21.9. The number of hydrogen-bond donors (Lipinski definition) is 3. The number of benzene rings is 4. The van der Waals surface area contributed by atoms with E-state index >= 15 is 0 Å².